The molecule has 9 heteroatoms. The topological polar surface area (TPSA) is 108 Å². The molecule has 0 atom stereocenters. The van der Waals surface area contributed by atoms with Gasteiger partial charge in [-0.2, -0.15) is 10.4 Å². The van der Waals surface area contributed by atoms with Gasteiger partial charge in [-0.25, -0.2) is 4.68 Å². The summed E-state index contributed by atoms with van der Waals surface area (Å²) in [5.74, 6) is -1.34. The van der Waals surface area contributed by atoms with Crippen LogP contribution in [0.15, 0.2) is 53.1 Å². The highest BCUT2D eigenvalue weighted by atomic mass is 79.9. The Kier molecular flexibility index (Phi) is 7.42. The monoisotopic (exact) mass is 524 g/mol. The van der Waals surface area contributed by atoms with Crippen molar-refractivity contribution in [3.05, 3.63) is 70.0 Å². The molecule has 1 heterocycles. The number of rotatable bonds is 7. The summed E-state index contributed by atoms with van der Waals surface area (Å²) >= 11 is 3.39. The fraction of sp³-hybridized carbons (Fsp3) is 0.280. The smallest absolute Gasteiger partial charge is 0.323 e. The summed E-state index contributed by atoms with van der Waals surface area (Å²) in [6.45, 7) is 7.54. The van der Waals surface area contributed by atoms with Crippen molar-refractivity contribution in [1.29, 1.82) is 5.26 Å². The summed E-state index contributed by atoms with van der Waals surface area (Å²) in [6, 6.07) is 14.1. The van der Waals surface area contributed by atoms with Crippen LogP contribution in [0, 0.1) is 23.7 Å². The molecule has 0 saturated carbocycles. The van der Waals surface area contributed by atoms with E-state index in [4.69, 9.17) is 4.74 Å². The van der Waals surface area contributed by atoms with Crippen molar-refractivity contribution in [2.45, 2.75) is 27.7 Å². The van der Waals surface area contributed by atoms with Crippen LogP contribution in [0.25, 0.3) is 5.69 Å². The Bertz CT molecular complexity index is 1250. The number of benzene rings is 2. The van der Waals surface area contributed by atoms with E-state index in [0.717, 1.165) is 15.1 Å². The molecule has 0 aliphatic carbocycles. The number of carbonyl (C=O) groups excluding carboxylic acids is 1. The number of nitriles is 1. The summed E-state index contributed by atoms with van der Waals surface area (Å²) in [5.41, 5.74) is 1.85. The minimum atomic E-state index is -1.18. The van der Waals surface area contributed by atoms with E-state index in [-0.39, 0.29) is 22.2 Å². The number of aryl methyl sites for hydroxylation is 1. The maximum atomic E-state index is 13.4. The number of carboxylic acids is 1. The average Bonchev–Trinajstić information content (AvgIpc) is 3.17. The molecule has 2 aromatic carbocycles. The number of hydrogen-bond acceptors (Lipinski definition) is 5. The molecule has 0 fully saturated rings. The zero-order valence-corrected chi connectivity index (χ0v) is 21.0. The van der Waals surface area contributed by atoms with E-state index in [9.17, 15) is 20.0 Å². The number of carboxylic acid groups (broad SMARTS) is 1. The zero-order valence-electron chi connectivity index (χ0n) is 19.4. The van der Waals surface area contributed by atoms with Gasteiger partial charge in [-0.05, 0) is 54.8 Å². The van der Waals surface area contributed by atoms with Gasteiger partial charge in [0, 0.05) is 16.4 Å². The van der Waals surface area contributed by atoms with E-state index >= 15 is 0 Å². The Balaban J connectivity index is 1.96. The van der Waals surface area contributed by atoms with Crippen LogP contribution in [-0.4, -0.2) is 39.9 Å². The SMILES string of the molecule is Cc1nn(-c2ccc(Br)cc2)cc1C(=O)N(CC(=O)O)c1ccc(OCC(C)(C)C)c(C#N)c1. The first-order valence-electron chi connectivity index (χ1n) is 10.5. The van der Waals surface area contributed by atoms with E-state index in [1.54, 1.807) is 29.9 Å². The van der Waals surface area contributed by atoms with Gasteiger partial charge in [-0.15, -0.1) is 0 Å². The lowest BCUT2D eigenvalue weighted by Crippen LogP contribution is -2.36. The minimum absolute atomic E-state index is 0.108. The van der Waals surface area contributed by atoms with Crippen molar-refractivity contribution in [3.63, 3.8) is 0 Å². The second-order valence-corrected chi connectivity index (χ2v) is 9.89. The number of halogens is 1. The van der Waals surface area contributed by atoms with Crippen molar-refractivity contribution < 1.29 is 19.4 Å². The highest BCUT2D eigenvalue weighted by molar-refractivity contribution is 9.10. The van der Waals surface area contributed by atoms with Gasteiger partial charge in [-0.3, -0.25) is 14.5 Å². The Labute approximate surface area is 206 Å². The van der Waals surface area contributed by atoms with E-state index in [1.807, 2.05) is 45.0 Å². The molecular weight excluding hydrogens is 500 g/mol. The van der Waals surface area contributed by atoms with E-state index in [1.165, 1.54) is 6.07 Å². The van der Waals surface area contributed by atoms with Crippen molar-refractivity contribution in [2.24, 2.45) is 5.41 Å². The third-order valence-electron chi connectivity index (χ3n) is 4.81. The van der Waals surface area contributed by atoms with Gasteiger partial charge in [0.15, 0.2) is 0 Å². The summed E-state index contributed by atoms with van der Waals surface area (Å²) in [5, 5.41) is 23.5. The molecular formula is C25H25BrN4O4. The van der Waals surface area contributed by atoms with Gasteiger partial charge in [0.05, 0.1) is 29.1 Å². The molecule has 0 aliphatic rings. The number of aromatic nitrogens is 2. The number of amides is 1. The minimum Gasteiger partial charge on any atom is -0.492 e. The van der Waals surface area contributed by atoms with Crippen molar-refractivity contribution in [2.75, 3.05) is 18.1 Å². The predicted molar refractivity (Wildman–Crippen MR) is 131 cm³/mol. The maximum absolute atomic E-state index is 13.4. The Hall–Kier alpha value is -3.64. The third kappa shape index (κ3) is 6.02. The Morgan fingerprint density at radius 1 is 1.21 bits per heavy atom. The van der Waals surface area contributed by atoms with Gasteiger partial charge in [0.25, 0.3) is 5.91 Å². The van der Waals surface area contributed by atoms with Crippen molar-refractivity contribution in [1.82, 2.24) is 9.78 Å². The van der Waals surface area contributed by atoms with Crippen LogP contribution in [-0.2, 0) is 4.79 Å². The lowest BCUT2D eigenvalue weighted by molar-refractivity contribution is -0.135. The molecule has 8 nitrogen and oxygen atoms in total. The van der Waals surface area contributed by atoms with E-state index in [2.05, 4.69) is 27.1 Å². The molecule has 0 aliphatic heterocycles. The summed E-state index contributed by atoms with van der Waals surface area (Å²) in [4.78, 5) is 26.1. The molecule has 34 heavy (non-hydrogen) atoms. The fourth-order valence-corrected chi connectivity index (χ4v) is 3.41. The molecule has 0 saturated heterocycles. The molecule has 1 amide bonds. The van der Waals surface area contributed by atoms with Crippen LogP contribution in [0.5, 0.6) is 5.75 Å². The molecule has 0 unspecified atom stereocenters. The van der Waals surface area contributed by atoms with Gasteiger partial charge >= 0.3 is 5.97 Å². The number of aliphatic carboxylic acids is 1. The number of nitrogens with zero attached hydrogens (tertiary/aromatic N) is 4. The number of carbonyl (C=O) groups is 2. The van der Waals surface area contributed by atoms with Gasteiger partial charge in [0.2, 0.25) is 0 Å². The second-order valence-electron chi connectivity index (χ2n) is 8.98. The van der Waals surface area contributed by atoms with Gasteiger partial charge in [0.1, 0.15) is 18.4 Å². The summed E-state index contributed by atoms with van der Waals surface area (Å²) < 4.78 is 8.25. The normalized spacial score (nSPS) is 11.1. The van der Waals surface area contributed by atoms with Crippen LogP contribution in [0.3, 0.4) is 0 Å². The van der Waals surface area contributed by atoms with Crippen LogP contribution >= 0.6 is 15.9 Å². The summed E-state index contributed by atoms with van der Waals surface area (Å²) in [6.07, 6.45) is 1.57. The Morgan fingerprint density at radius 2 is 1.88 bits per heavy atom. The standard InChI is InChI=1S/C25H25BrN4O4/c1-16-21(13-30(28-16)19-7-5-18(26)6-8-19)24(33)29(14-23(31)32)20-9-10-22(17(11-20)12-27)34-15-25(2,3)4/h5-11,13H,14-15H2,1-4H3,(H,31,32). The maximum Gasteiger partial charge on any atom is 0.323 e. The van der Waals surface area contributed by atoms with E-state index < -0.39 is 18.4 Å². The molecule has 1 N–H and O–H groups in total. The molecule has 0 bridgehead atoms. The zero-order chi connectivity index (χ0) is 25.0. The molecule has 3 rings (SSSR count). The highest BCUT2D eigenvalue weighted by Crippen LogP contribution is 2.28. The number of ether oxygens (including phenoxy) is 1. The van der Waals surface area contributed by atoms with Crippen LogP contribution in [0.4, 0.5) is 5.69 Å². The first kappa shape index (κ1) is 25.0. The predicted octanol–water partition coefficient (Wildman–Crippen LogP) is 4.97. The Morgan fingerprint density at radius 3 is 2.47 bits per heavy atom. The largest absolute Gasteiger partial charge is 0.492 e. The highest BCUT2D eigenvalue weighted by Gasteiger charge is 2.25. The van der Waals surface area contributed by atoms with Crippen LogP contribution in [0.1, 0.15) is 42.4 Å². The van der Waals surface area contributed by atoms with Gasteiger partial charge in [-0.1, -0.05) is 36.7 Å². The first-order chi connectivity index (χ1) is 16.0. The molecule has 0 spiro atoms. The van der Waals surface area contributed by atoms with E-state index in [0.29, 0.717) is 18.1 Å². The third-order valence-corrected chi connectivity index (χ3v) is 5.34. The number of anilines is 1. The summed E-state index contributed by atoms with van der Waals surface area (Å²) in [7, 11) is 0. The fourth-order valence-electron chi connectivity index (χ4n) is 3.15. The average molecular weight is 525 g/mol. The quantitative estimate of drug-likeness (QED) is 0.467. The van der Waals surface area contributed by atoms with Gasteiger partial charge < -0.3 is 9.84 Å². The molecule has 3 aromatic rings. The van der Waals surface area contributed by atoms with Crippen LogP contribution < -0.4 is 9.64 Å². The molecule has 1 aromatic heterocycles. The second kappa shape index (κ2) is 10.1. The lowest BCUT2D eigenvalue weighted by Gasteiger charge is -2.23. The molecule has 0 radical (unpaired) electrons. The van der Waals surface area contributed by atoms with Crippen molar-refractivity contribution in [3.8, 4) is 17.5 Å². The van der Waals surface area contributed by atoms with Crippen molar-refractivity contribution >= 4 is 33.5 Å². The number of hydrogen-bond donors (Lipinski definition) is 1. The molecule has 176 valence electrons. The van der Waals surface area contributed by atoms with Crippen LogP contribution in [0.2, 0.25) is 0 Å². The lowest BCUT2D eigenvalue weighted by atomic mass is 9.98. The first-order valence-corrected chi connectivity index (χ1v) is 11.3.